The molecular formula is C19H26FIN4O2S. The van der Waals surface area contributed by atoms with E-state index in [-0.39, 0.29) is 41.8 Å². The van der Waals surface area contributed by atoms with Gasteiger partial charge in [0, 0.05) is 6.54 Å². The van der Waals surface area contributed by atoms with Crippen LogP contribution in [0.15, 0.2) is 29.3 Å². The predicted octanol–water partition coefficient (Wildman–Crippen LogP) is 4.20. The standard InChI is InChI=1S/C19H25FN4O2S.HI/c1-5-21-19(22-11-14-8-7-9-15(20)10-14)24-13(4)17-23-12(3)16(27-17)18(25)26-6-2;/h7-10,13H,5-6,11H2,1-4H3,(H2,21,22,24);1H. The number of aliphatic imine (C=N–C) groups is 1. The summed E-state index contributed by atoms with van der Waals surface area (Å²) in [5.74, 6) is -0.0313. The van der Waals surface area contributed by atoms with Crippen LogP contribution in [0.1, 0.15) is 52.7 Å². The average molecular weight is 520 g/mol. The summed E-state index contributed by atoms with van der Waals surface area (Å²) in [6.45, 7) is 8.85. The van der Waals surface area contributed by atoms with Crippen molar-refractivity contribution < 1.29 is 13.9 Å². The Hall–Kier alpha value is -1.75. The third kappa shape index (κ3) is 7.01. The van der Waals surface area contributed by atoms with E-state index in [1.165, 1.54) is 23.5 Å². The third-order valence-electron chi connectivity index (χ3n) is 3.65. The maximum Gasteiger partial charge on any atom is 0.350 e. The largest absolute Gasteiger partial charge is 0.462 e. The number of aryl methyl sites for hydroxylation is 1. The van der Waals surface area contributed by atoms with Gasteiger partial charge >= 0.3 is 5.97 Å². The molecule has 2 aromatic rings. The molecule has 28 heavy (non-hydrogen) atoms. The first kappa shape index (κ1) is 24.3. The van der Waals surface area contributed by atoms with Crippen LogP contribution in [-0.4, -0.2) is 30.1 Å². The molecule has 0 amide bonds. The van der Waals surface area contributed by atoms with Gasteiger partial charge in [-0.15, -0.1) is 35.3 Å². The number of rotatable bonds is 7. The molecule has 0 spiro atoms. The van der Waals surface area contributed by atoms with Gasteiger partial charge in [0.05, 0.1) is 24.9 Å². The van der Waals surface area contributed by atoms with Crippen LogP contribution in [0.5, 0.6) is 0 Å². The van der Waals surface area contributed by atoms with Crippen molar-refractivity contribution in [2.45, 2.75) is 40.3 Å². The van der Waals surface area contributed by atoms with Gasteiger partial charge in [-0.25, -0.2) is 19.2 Å². The Labute approximate surface area is 186 Å². The Morgan fingerprint density at radius 3 is 2.79 bits per heavy atom. The molecule has 0 saturated heterocycles. The van der Waals surface area contributed by atoms with Crippen molar-refractivity contribution >= 4 is 47.2 Å². The summed E-state index contributed by atoms with van der Waals surface area (Å²) >= 11 is 1.31. The second kappa shape index (κ2) is 11.9. The Balaban J connectivity index is 0.00000392. The molecule has 1 heterocycles. The minimum absolute atomic E-state index is 0. The van der Waals surface area contributed by atoms with E-state index in [2.05, 4.69) is 20.6 Å². The fraction of sp³-hybridized carbons (Fsp3) is 0.421. The number of esters is 1. The number of thiazole rings is 1. The molecule has 1 aromatic heterocycles. The maximum absolute atomic E-state index is 13.3. The second-order valence-corrected chi connectivity index (χ2v) is 6.91. The smallest absolute Gasteiger partial charge is 0.350 e. The van der Waals surface area contributed by atoms with Crippen LogP contribution in [0.3, 0.4) is 0 Å². The molecule has 0 aliphatic carbocycles. The Kier molecular flexibility index (Phi) is 10.4. The number of benzene rings is 1. The minimum atomic E-state index is -0.349. The summed E-state index contributed by atoms with van der Waals surface area (Å²) in [5.41, 5.74) is 1.44. The van der Waals surface area contributed by atoms with Gasteiger partial charge in [0.2, 0.25) is 0 Å². The van der Waals surface area contributed by atoms with Crippen molar-refractivity contribution in [1.29, 1.82) is 0 Å². The van der Waals surface area contributed by atoms with Gasteiger partial charge in [0.25, 0.3) is 0 Å². The summed E-state index contributed by atoms with van der Waals surface area (Å²) in [4.78, 5) is 21.5. The average Bonchev–Trinajstić information content (AvgIpc) is 3.02. The van der Waals surface area contributed by atoms with Crippen LogP contribution in [-0.2, 0) is 11.3 Å². The van der Waals surface area contributed by atoms with Gasteiger partial charge < -0.3 is 15.4 Å². The van der Waals surface area contributed by atoms with Crippen LogP contribution in [0.2, 0.25) is 0 Å². The molecule has 1 unspecified atom stereocenters. The summed E-state index contributed by atoms with van der Waals surface area (Å²) in [7, 11) is 0. The lowest BCUT2D eigenvalue weighted by molar-refractivity contribution is 0.0531. The Morgan fingerprint density at radius 2 is 2.14 bits per heavy atom. The maximum atomic E-state index is 13.3. The molecule has 6 nitrogen and oxygen atoms in total. The lowest BCUT2D eigenvalue weighted by atomic mass is 10.2. The van der Waals surface area contributed by atoms with Crippen molar-refractivity contribution in [3.63, 3.8) is 0 Å². The summed E-state index contributed by atoms with van der Waals surface area (Å²) in [6.07, 6.45) is 0. The van der Waals surface area contributed by atoms with E-state index in [1.807, 2.05) is 19.9 Å². The van der Waals surface area contributed by atoms with Gasteiger partial charge in [0.15, 0.2) is 5.96 Å². The topological polar surface area (TPSA) is 75.6 Å². The fourth-order valence-corrected chi connectivity index (χ4v) is 3.34. The molecule has 1 atom stereocenters. The first-order chi connectivity index (χ1) is 12.9. The molecule has 1 aromatic carbocycles. The number of ether oxygens (including phenoxy) is 1. The molecule has 0 aliphatic rings. The van der Waals surface area contributed by atoms with E-state index in [1.54, 1.807) is 19.9 Å². The fourth-order valence-electron chi connectivity index (χ4n) is 2.38. The molecule has 0 fully saturated rings. The number of halogens is 2. The van der Waals surface area contributed by atoms with Gasteiger partial charge in [-0.2, -0.15) is 0 Å². The number of hydrogen-bond donors (Lipinski definition) is 2. The highest BCUT2D eigenvalue weighted by Crippen LogP contribution is 2.24. The number of nitrogens with one attached hydrogen (secondary N) is 2. The highest BCUT2D eigenvalue weighted by atomic mass is 127. The first-order valence-electron chi connectivity index (χ1n) is 8.88. The molecule has 2 rings (SSSR count). The van der Waals surface area contributed by atoms with Crippen molar-refractivity contribution in [3.8, 4) is 0 Å². The summed E-state index contributed by atoms with van der Waals surface area (Å²) in [6, 6.07) is 6.22. The zero-order chi connectivity index (χ0) is 19.8. The molecular weight excluding hydrogens is 494 g/mol. The number of carbonyl (C=O) groups excluding carboxylic acids is 1. The second-order valence-electron chi connectivity index (χ2n) is 5.88. The van der Waals surface area contributed by atoms with Crippen molar-refractivity contribution in [1.82, 2.24) is 15.6 Å². The molecule has 0 saturated carbocycles. The van der Waals surface area contributed by atoms with Crippen molar-refractivity contribution in [2.24, 2.45) is 4.99 Å². The number of guanidine groups is 1. The number of hydrogen-bond acceptors (Lipinski definition) is 5. The zero-order valence-electron chi connectivity index (χ0n) is 16.4. The van der Waals surface area contributed by atoms with Gasteiger partial charge in [-0.05, 0) is 45.4 Å². The summed E-state index contributed by atoms with van der Waals surface area (Å²) in [5, 5.41) is 7.20. The van der Waals surface area contributed by atoms with Gasteiger partial charge in [-0.3, -0.25) is 0 Å². The quantitative estimate of drug-likeness (QED) is 0.248. The Bertz CT molecular complexity index is 813. The van der Waals surface area contributed by atoms with Crippen LogP contribution < -0.4 is 10.6 Å². The van der Waals surface area contributed by atoms with E-state index in [9.17, 15) is 9.18 Å². The van der Waals surface area contributed by atoms with E-state index < -0.39 is 0 Å². The van der Waals surface area contributed by atoms with Gasteiger partial charge in [-0.1, -0.05) is 12.1 Å². The van der Waals surface area contributed by atoms with Crippen LogP contribution in [0.25, 0.3) is 0 Å². The first-order valence-corrected chi connectivity index (χ1v) is 9.70. The SMILES string of the molecule is CCNC(=NCc1cccc(F)c1)NC(C)c1nc(C)c(C(=O)OCC)s1.I. The van der Waals surface area contributed by atoms with E-state index in [4.69, 9.17) is 4.74 Å². The summed E-state index contributed by atoms with van der Waals surface area (Å²) < 4.78 is 18.4. The Morgan fingerprint density at radius 1 is 1.39 bits per heavy atom. The van der Waals surface area contributed by atoms with Crippen LogP contribution in [0, 0.1) is 12.7 Å². The van der Waals surface area contributed by atoms with Crippen LogP contribution in [0.4, 0.5) is 4.39 Å². The molecule has 0 bridgehead atoms. The lowest BCUT2D eigenvalue weighted by Gasteiger charge is -2.16. The molecule has 154 valence electrons. The molecule has 0 radical (unpaired) electrons. The lowest BCUT2D eigenvalue weighted by Crippen LogP contribution is -2.38. The molecule has 0 aliphatic heterocycles. The van der Waals surface area contributed by atoms with E-state index in [0.29, 0.717) is 36.2 Å². The zero-order valence-corrected chi connectivity index (χ0v) is 19.6. The minimum Gasteiger partial charge on any atom is -0.462 e. The van der Waals surface area contributed by atoms with Gasteiger partial charge in [0.1, 0.15) is 15.7 Å². The normalized spacial score (nSPS) is 12.1. The highest BCUT2D eigenvalue weighted by molar-refractivity contribution is 14.0. The number of aromatic nitrogens is 1. The van der Waals surface area contributed by atoms with Crippen molar-refractivity contribution in [2.75, 3.05) is 13.2 Å². The third-order valence-corrected chi connectivity index (χ3v) is 4.97. The monoisotopic (exact) mass is 520 g/mol. The van der Waals surface area contributed by atoms with E-state index in [0.717, 1.165) is 10.6 Å². The molecule has 2 N–H and O–H groups in total. The van der Waals surface area contributed by atoms with Crippen LogP contribution >= 0.6 is 35.3 Å². The highest BCUT2D eigenvalue weighted by Gasteiger charge is 2.20. The van der Waals surface area contributed by atoms with Crippen molar-refractivity contribution in [3.05, 3.63) is 51.2 Å². The number of carbonyl (C=O) groups is 1. The van der Waals surface area contributed by atoms with E-state index >= 15 is 0 Å². The predicted molar refractivity (Wildman–Crippen MR) is 121 cm³/mol. The number of nitrogens with zero attached hydrogens (tertiary/aromatic N) is 2. The molecule has 9 heteroatoms.